The zero-order valence-corrected chi connectivity index (χ0v) is 11.3. The summed E-state index contributed by atoms with van der Waals surface area (Å²) in [4.78, 5) is 15.4. The first-order chi connectivity index (χ1) is 8.43. The summed E-state index contributed by atoms with van der Waals surface area (Å²) < 4.78 is 5.09. The summed E-state index contributed by atoms with van der Waals surface area (Å²) in [6, 6.07) is 7.47. The predicted molar refractivity (Wildman–Crippen MR) is 74.0 cm³/mol. The number of hydrogen-bond acceptors (Lipinski definition) is 2. The number of benzene rings is 1. The summed E-state index contributed by atoms with van der Waals surface area (Å²) in [5.74, 6) is 0. The molecule has 1 aromatic heterocycles. The average molecular weight is 245 g/mol. The molecule has 0 unspecified atom stereocenters. The maximum absolute atomic E-state index is 12.1. The number of rotatable bonds is 2. The van der Waals surface area contributed by atoms with Crippen molar-refractivity contribution in [3.8, 4) is 0 Å². The van der Waals surface area contributed by atoms with E-state index in [1.807, 2.05) is 12.1 Å². The van der Waals surface area contributed by atoms with E-state index in [0.29, 0.717) is 6.61 Å². The van der Waals surface area contributed by atoms with Gasteiger partial charge in [0.05, 0.1) is 12.1 Å². The van der Waals surface area contributed by atoms with E-state index in [2.05, 4.69) is 31.8 Å². The molecule has 1 heterocycles. The Morgan fingerprint density at radius 1 is 1.28 bits per heavy atom. The molecule has 1 aromatic carbocycles. The Morgan fingerprint density at radius 3 is 2.61 bits per heavy atom. The van der Waals surface area contributed by atoms with Crippen molar-refractivity contribution in [3.63, 3.8) is 0 Å². The van der Waals surface area contributed by atoms with Crippen LogP contribution in [0.25, 0.3) is 10.9 Å². The smallest absolute Gasteiger partial charge is 0.189 e. The summed E-state index contributed by atoms with van der Waals surface area (Å²) in [7, 11) is 1.62. The molecule has 0 spiro atoms. The van der Waals surface area contributed by atoms with E-state index in [1.165, 1.54) is 0 Å². The molecule has 0 atom stereocenters. The normalized spacial score (nSPS) is 12.0. The number of hydrogen-bond donors (Lipinski definition) is 1. The second-order valence-electron chi connectivity index (χ2n) is 5.57. The maximum atomic E-state index is 12.1. The van der Waals surface area contributed by atoms with Gasteiger partial charge in [0.2, 0.25) is 0 Å². The predicted octanol–water partition coefficient (Wildman–Crippen LogP) is 2.97. The van der Waals surface area contributed by atoms with Crippen LogP contribution in [-0.4, -0.2) is 12.1 Å². The zero-order chi connectivity index (χ0) is 13.3. The Labute approximate surface area is 107 Å². The molecule has 3 nitrogen and oxygen atoms in total. The van der Waals surface area contributed by atoms with Crippen LogP contribution in [0.3, 0.4) is 0 Å². The molecule has 2 rings (SSSR count). The molecular formula is C15H19NO2. The van der Waals surface area contributed by atoms with E-state index < -0.39 is 0 Å². The van der Waals surface area contributed by atoms with Crippen molar-refractivity contribution in [3.05, 3.63) is 45.7 Å². The van der Waals surface area contributed by atoms with Gasteiger partial charge in [0, 0.05) is 24.3 Å². The van der Waals surface area contributed by atoms with E-state index in [0.717, 1.165) is 22.2 Å². The van der Waals surface area contributed by atoms with E-state index in [1.54, 1.807) is 13.2 Å². The monoisotopic (exact) mass is 245 g/mol. The first kappa shape index (κ1) is 12.8. The molecule has 0 saturated carbocycles. The second-order valence-corrected chi connectivity index (χ2v) is 5.57. The SMILES string of the molecule is COCc1cc(=O)c2cccc(C(C)(C)C)c2[nH]1. The summed E-state index contributed by atoms with van der Waals surface area (Å²) in [6.45, 7) is 6.85. The number of aromatic amines is 1. The van der Waals surface area contributed by atoms with Gasteiger partial charge in [-0.1, -0.05) is 32.9 Å². The van der Waals surface area contributed by atoms with Gasteiger partial charge < -0.3 is 9.72 Å². The highest BCUT2D eigenvalue weighted by molar-refractivity contribution is 5.82. The van der Waals surface area contributed by atoms with Crippen molar-refractivity contribution in [2.45, 2.75) is 32.8 Å². The Morgan fingerprint density at radius 2 is 2.00 bits per heavy atom. The molecule has 1 N–H and O–H groups in total. The number of ether oxygens (including phenoxy) is 1. The molecule has 0 amide bonds. The lowest BCUT2D eigenvalue weighted by atomic mass is 9.85. The van der Waals surface area contributed by atoms with Gasteiger partial charge in [0.15, 0.2) is 5.43 Å². The Kier molecular flexibility index (Phi) is 3.26. The fourth-order valence-electron chi connectivity index (χ4n) is 2.18. The van der Waals surface area contributed by atoms with Crippen molar-refractivity contribution in [2.75, 3.05) is 7.11 Å². The summed E-state index contributed by atoms with van der Waals surface area (Å²) in [5.41, 5.74) is 2.92. The Hall–Kier alpha value is -1.61. The molecule has 0 aliphatic heterocycles. The summed E-state index contributed by atoms with van der Waals surface area (Å²) in [5, 5.41) is 0.738. The van der Waals surface area contributed by atoms with Gasteiger partial charge in [-0.25, -0.2) is 0 Å². The van der Waals surface area contributed by atoms with Gasteiger partial charge in [-0.15, -0.1) is 0 Å². The molecule has 0 aliphatic rings. The van der Waals surface area contributed by atoms with Gasteiger partial charge in [0.25, 0.3) is 0 Å². The van der Waals surface area contributed by atoms with Gasteiger partial charge in [-0.05, 0) is 17.0 Å². The number of fused-ring (bicyclic) bond motifs is 1. The van der Waals surface area contributed by atoms with Crippen molar-refractivity contribution >= 4 is 10.9 Å². The molecule has 18 heavy (non-hydrogen) atoms. The van der Waals surface area contributed by atoms with E-state index in [4.69, 9.17) is 4.74 Å². The Bertz CT molecular complexity index is 620. The van der Waals surface area contributed by atoms with Crippen LogP contribution in [-0.2, 0) is 16.8 Å². The highest BCUT2D eigenvalue weighted by atomic mass is 16.5. The molecule has 96 valence electrons. The third-order valence-electron chi connectivity index (χ3n) is 3.03. The standard InChI is InChI=1S/C15H19NO2/c1-15(2,3)12-7-5-6-11-13(17)8-10(9-18-4)16-14(11)12/h5-8H,9H2,1-4H3,(H,16,17). The lowest BCUT2D eigenvalue weighted by molar-refractivity contribution is 0.181. The molecular weight excluding hydrogens is 226 g/mol. The lowest BCUT2D eigenvalue weighted by Gasteiger charge is -2.21. The van der Waals surface area contributed by atoms with Crippen molar-refractivity contribution in [2.24, 2.45) is 0 Å². The average Bonchev–Trinajstić information content (AvgIpc) is 2.27. The number of methoxy groups -OCH3 is 1. The fraction of sp³-hybridized carbons (Fsp3) is 0.400. The van der Waals surface area contributed by atoms with Crippen LogP contribution in [0.4, 0.5) is 0 Å². The van der Waals surface area contributed by atoms with Crippen LogP contribution in [0.1, 0.15) is 32.0 Å². The van der Waals surface area contributed by atoms with E-state index >= 15 is 0 Å². The minimum absolute atomic E-state index is 0.00581. The first-order valence-corrected chi connectivity index (χ1v) is 6.08. The lowest BCUT2D eigenvalue weighted by Crippen LogP contribution is -2.15. The van der Waals surface area contributed by atoms with Crippen LogP contribution in [0.15, 0.2) is 29.1 Å². The molecule has 0 fully saturated rings. The van der Waals surface area contributed by atoms with E-state index in [9.17, 15) is 4.79 Å². The third-order valence-corrected chi connectivity index (χ3v) is 3.03. The van der Waals surface area contributed by atoms with Crippen molar-refractivity contribution in [1.82, 2.24) is 4.98 Å². The zero-order valence-electron chi connectivity index (χ0n) is 11.3. The number of H-pyrrole nitrogens is 1. The highest BCUT2D eigenvalue weighted by Gasteiger charge is 2.18. The number of pyridine rings is 1. The van der Waals surface area contributed by atoms with Gasteiger partial charge >= 0.3 is 0 Å². The van der Waals surface area contributed by atoms with Crippen LogP contribution in [0, 0.1) is 0 Å². The Balaban J connectivity index is 2.78. The molecule has 2 aromatic rings. The first-order valence-electron chi connectivity index (χ1n) is 6.08. The van der Waals surface area contributed by atoms with Crippen LogP contribution < -0.4 is 5.43 Å². The van der Waals surface area contributed by atoms with Crippen LogP contribution >= 0.6 is 0 Å². The quantitative estimate of drug-likeness (QED) is 0.883. The fourth-order valence-corrected chi connectivity index (χ4v) is 2.18. The number of para-hydroxylation sites is 1. The van der Waals surface area contributed by atoms with Crippen LogP contribution in [0.2, 0.25) is 0 Å². The van der Waals surface area contributed by atoms with Crippen LogP contribution in [0.5, 0.6) is 0 Å². The minimum atomic E-state index is -0.00581. The van der Waals surface area contributed by atoms with Crippen molar-refractivity contribution < 1.29 is 4.74 Å². The molecule has 0 aliphatic carbocycles. The topological polar surface area (TPSA) is 42.1 Å². The summed E-state index contributed by atoms with van der Waals surface area (Å²) >= 11 is 0. The van der Waals surface area contributed by atoms with E-state index in [-0.39, 0.29) is 10.8 Å². The van der Waals surface area contributed by atoms with Gasteiger partial charge in [0.1, 0.15) is 0 Å². The highest BCUT2D eigenvalue weighted by Crippen LogP contribution is 2.27. The van der Waals surface area contributed by atoms with Crippen molar-refractivity contribution in [1.29, 1.82) is 0 Å². The minimum Gasteiger partial charge on any atom is -0.378 e. The van der Waals surface area contributed by atoms with Gasteiger partial charge in [-0.2, -0.15) is 0 Å². The summed E-state index contributed by atoms with van der Waals surface area (Å²) in [6.07, 6.45) is 0. The van der Waals surface area contributed by atoms with Gasteiger partial charge in [-0.3, -0.25) is 4.79 Å². The third kappa shape index (κ3) is 2.31. The number of nitrogens with one attached hydrogen (secondary N) is 1. The molecule has 3 heteroatoms. The largest absolute Gasteiger partial charge is 0.378 e. The number of aromatic nitrogens is 1. The molecule has 0 bridgehead atoms. The molecule has 0 radical (unpaired) electrons. The maximum Gasteiger partial charge on any atom is 0.189 e. The second kappa shape index (κ2) is 4.58. The molecule has 0 saturated heterocycles.